The number of aromatic nitrogens is 1. The number of nitrogens with one attached hydrogen (secondary N) is 1. The molecule has 2 amide bonds. The lowest BCUT2D eigenvalue weighted by Crippen LogP contribution is -2.42. The second-order valence-corrected chi connectivity index (χ2v) is 8.28. The lowest BCUT2D eigenvalue weighted by Gasteiger charge is -2.26. The molecular weight excluding hydrogens is 374 g/mol. The van der Waals surface area contributed by atoms with Gasteiger partial charge in [-0.1, -0.05) is 0 Å². The molecule has 28 heavy (non-hydrogen) atoms. The topological polar surface area (TPSA) is 71.5 Å². The second kappa shape index (κ2) is 6.91. The molecule has 1 aliphatic heterocycles. The first-order valence-corrected chi connectivity index (χ1v) is 10.0. The van der Waals surface area contributed by atoms with E-state index in [1.165, 1.54) is 11.3 Å². The smallest absolute Gasteiger partial charge is 0.255 e. The Labute approximate surface area is 167 Å². The lowest BCUT2D eigenvalue weighted by molar-refractivity contribution is -0.127. The van der Waals surface area contributed by atoms with Crippen molar-refractivity contribution in [3.05, 3.63) is 47.5 Å². The highest BCUT2D eigenvalue weighted by molar-refractivity contribution is 7.16. The van der Waals surface area contributed by atoms with Crippen molar-refractivity contribution in [1.29, 1.82) is 0 Å². The summed E-state index contributed by atoms with van der Waals surface area (Å²) in [4.78, 5) is 31.4. The SMILES string of the molecule is CCN1C(=O)C(C)(C)COc2cc(NC(=O)c3ccc4ncsc4c3)ccc21. The quantitative estimate of drug-likeness (QED) is 0.717. The lowest BCUT2D eigenvalue weighted by atomic mass is 9.93. The number of ether oxygens (including phenoxy) is 1. The minimum absolute atomic E-state index is 0.0309. The molecule has 2 aromatic carbocycles. The number of carbonyl (C=O) groups excluding carboxylic acids is 2. The fraction of sp³-hybridized carbons (Fsp3) is 0.286. The number of rotatable bonds is 3. The number of anilines is 2. The van der Waals surface area contributed by atoms with Gasteiger partial charge in [-0.3, -0.25) is 9.59 Å². The van der Waals surface area contributed by atoms with E-state index in [0.717, 1.165) is 15.9 Å². The van der Waals surface area contributed by atoms with E-state index in [0.29, 0.717) is 23.5 Å². The third-order valence-corrected chi connectivity index (χ3v) is 5.62. The standard InChI is InChI=1S/C21H21N3O3S/c1-4-24-16-8-6-14(10-17(16)27-11-21(2,3)20(24)26)23-19(25)13-5-7-15-18(9-13)28-12-22-15/h5-10,12H,4,11H2,1-3H3,(H,23,25). The Kier molecular flexibility index (Phi) is 4.55. The molecule has 7 heteroatoms. The van der Waals surface area contributed by atoms with Crippen LogP contribution in [-0.2, 0) is 4.79 Å². The summed E-state index contributed by atoms with van der Waals surface area (Å²) < 4.78 is 6.89. The molecule has 0 saturated heterocycles. The number of nitrogens with zero attached hydrogens (tertiary/aromatic N) is 2. The Morgan fingerprint density at radius 2 is 2.11 bits per heavy atom. The van der Waals surface area contributed by atoms with Crippen LogP contribution in [0.25, 0.3) is 10.2 Å². The summed E-state index contributed by atoms with van der Waals surface area (Å²) in [5, 5.41) is 2.91. The maximum atomic E-state index is 12.8. The Morgan fingerprint density at radius 3 is 2.89 bits per heavy atom. The molecular formula is C21H21N3O3S. The number of thiazole rings is 1. The molecule has 144 valence electrons. The number of hydrogen-bond donors (Lipinski definition) is 1. The zero-order valence-electron chi connectivity index (χ0n) is 16.0. The van der Waals surface area contributed by atoms with Crippen LogP contribution < -0.4 is 15.0 Å². The van der Waals surface area contributed by atoms with E-state index in [1.54, 1.807) is 28.6 Å². The molecule has 0 atom stereocenters. The highest BCUT2D eigenvalue weighted by Crippen LogP contribution is 2.38. The van der Waals surface area contributed by atoms with Gasteiger partial charge in [-0.25, -0.2) is 4.98 Å². The molecule has 0 fully saturated rings. The summed E-state index contributed by atoms with van der Waals surface area (Å²) >= 11 is 1.50. The van der Waals surface area contributed by atoms with Crippen LogP contribution in [0.2, 0.25) is 0 Å². The van der Waals surface area contributed by atoms with Crippen LogP contribution in [0.5, 0.6) is 5.75 Å². The van der Waals surface area contributed by atoms with Gasteiger partial charge in [0.05, 0.1) is 26.8 Å². The average molecular weight is 395 g/mol. The van der Waals surface area contributed by atoms with Gasteiger partial charge in [0.2, 0.25) is 5.91 Å². The van der Waals surface area contributed by atoms with Crippen molar-refractivity contribution in [1.82, 2.24) is 4.98 Å². The van der Waals surface area contributed by atoms with Gasteiger partial charge in [0.1, 0.15) is 12.4 Å². The van der Waals surface area contributed by atoms with E-state index in [9.17, 15) is 9.59 Å². The van der Waals surface area contributed by atoms with Gasteiger partial charge >= 0.3 is 0 Å². The van der Waals surface area contributed by atoms with Crippen molar-refractivity contribution >= 4 is 44.7 Å². The molecule has 0 radical (unpaired) electrons. The van der Waals surface area contributed by atoms with Crippen molar-refractivity contribution in [2.24, 2.45) is 5.41 Å². The fourth-order valence-corrected chi connectivity index (χ4v) is 3.96. The van der Waals surface area contributed by atoms with Crippen LogP contribution in [0.4, 0.5) is 11.4 Å². The minimum atomic E-state index is -0.609. The minimum Gasteiger partial charge on any atom is -0.490 e. The number of carbonyl (C=O) groups is 2. The van der Waals surface area contributed by atoms with Gasteiger partial charge in [-0.05, 0) is 51.1 Å². The van der Waals surface area contributed by atoms with Crippen molar-refractivity contribution in [3.8, 4) is 5.75 Å². The summed E-state index contributed by atoms with van der Waals surface area (Å²) in [7, 11) is 0. The highest BCUT2D eigenvalue weighted by atomic mass is 32.1. The monoisotopic (exact) mass is 395 g/mol. The molecule has 1 aromatic heterocycles. The summed E-state index contributed by atoms with van der Waals surface area (Å²) in [5.41, 5.74) is 3.95. The van der Waals surface area contributed by atoms with Gasteiger partial charge in [0.25, 0.3) is 5.91 Å². The summed E-state index contributed by atoms with van der Waals surface area (Å²) in [6.45, 7) is 6.53. The summed E-state index contributed by atoms with van der Waals surface area (Å²) in [6, 6.07) is 10.8. The fourth-order valence-electron chi connectivity index (χ4n) is 3.24. The molecule has 3 aromatic rings. The third-order valence-electron chi connectivity index (χ3n) is 4.83. The van der Waals surface area contributed by atoms with Crippen LogP contribution in [0.15, 0.2) is 41.9 Å². The third kappa shape index (κ3) is 3.22. The molecule has 0 bridgehead atoms. The molecule has 2 heterocycles. The maximum Gasteiger partial charge on any atom is 0.255 e. The molecule has 0 aliphatic carbocycles. The molecule has 0 unspecified atom stereocenters. The van der Waals surface area contributed by atoms with Gasteiger partial charge in [-0.15, -0.1) is 11.3 Å². The predicted molar refractivity (Wildman–Crippen MR) is 111 cm³/mol. The Morgan fingerprint density at radius 1 is 1.29 bits per heavy atom. The van der Waals surface area contributed by atoms with E-state index in [1.807, 2.05) is 39.0 Å². The number of fused-ring (bicyclic) bond motifs is 2. The van der Waals surface area contributed by atoms with Crippen LogP contribution in [0.3, 0.4) is 0 Å². The van der Waals surface area contributed by atoms with E-state index < -0.39 is 5.41 Å². The zero-order chi connectivity index (χ0) is 19.9. The van der Waals surface area contributed by atoms with Gasteiger partial charge in [0.15, 0.2) is 0 Å². The first kappa shape index (κ1) is 18.4. The van der Waals surface area contributed by atoms with Gasteiger partial charge in [-0.2, -0.15) is 0 Å². The number of hydrogen-bond acceptors (Lipinski definition) is 5. The van der Waals surface area contributed by atoms with Gasteiger partial charge < -0.3 is 15.0 Å². The second-order valence-electron chi connectivity index (χ2n) is 7.39. The van der Waals surface area contributed by atoms with Crippen LogP contribution in [0, 0.1) is 5.41 Å². The first-order chi connectivity index (χ1) is 13.4. The predicted octanol–water partition coefficient (Wildman–Crippen LogP) is 4.32. The molecule has 0 saturated carbocycles. The van der Waals surface area contributed by atoms with E-state index in [2.05, 4.69) is 10.3 Å². The van der Waals surface area contributed by atoms with Crippen molar-refractivity contribution in [2.45, 2.75) is 20.8 Å². The van der Waals surface area contributed by atoms with Crippen molar-refractivity contribution in [3.63, 3.8) is 0 Å². The largest absolute Gasteiger partial charge is 0.490 e. The first-order valence-electron chi connectivity index (χ1n) is 9.12. The zero-order valence-corrected chi connectivity index (χ0v) is 16.8. The van der Waals surface area contributed by atoms with Crippen LogP contribution in [-0.4, -0.2) is 29.9 Å². The Balaban J connectivity index is 1.61. The van der Waals surface area contributed by atoms with E-state index >= 15 is 0 Å². The maximum absolute atomic E-state index is 12.8. The highest BCUT2D eigenvalue weighted by Gasteiger charge is 2.37. The summed E-state index contributed by atoms with van der Waals surface area (Å²) in [6.07, 6.45) is 0. The molecule has 4 rings (SSSR count). The van der Waals surface area contributed by atoms with E-state index in [-0.39, 0.29) is 18.4 Å². The average Bonchev–Trinajstić information content (AvgIpc) is 3.12. The van der Waals surface area contributed by atoms with Gasteiger partial charge in [0, 0.05) is 23.9 Å². The summed E-state index contributed by atoms with van der Waals surface area (Å²) in [5.74, 6) is 0.424. The van der Waals surface area contributed by atoms with E-state index in [4.69, 9.17) is 4.74 Å². The molecule has 1 aliphatic rings. The number of amides is 2. The van der Waals surface area contributed by atoms with Crippen molar-refractivity contribution < 1.29 is 14.3 Å². The molecule has 1 N–H and O–H groups in total. The molecule has 0 spiro atoms. The Bertz CT molecular complexity index is 1070. The Hall–Kier alpha value is -2.93. The normalized spacial score (nSPS) is 15.7. The van der Waals surface area contributed by atoms with Crippen LogP contribution >= 0.6 is 11.3 Å². The van der Waals surface area contributed by atoms with Crippen molar-refractivity contribution in [2.75, 3.05) is 23.4 Å². The van der Waals surface area contributed by atoms with Crippen LogP contribution in [0.1, 0.15) is 31.1 Å². The number of benzene rings is 2. The molecule has 6 nitrogen and oxygen atoms in total.